The number of hydrogen-bond donors (Lipinski definition) is 1. The molecule has 0 radical (unpaired) electrons. The minimum absolute atomic E-state index is 0.0832. The second kappa shape index (κ2) is 7.11. The SMILES string of the molecule is C=CCN(CCO)C(=O)/C=C/c1c(C)nn(C)c1Cl. The monoisotopic (exact) mass is 283 g/mol. The van der Waals surface area contributed by atoms with Gasteiger partial charge in [-0.15, -0.1) is 6.58 Å². The molecule has 1 amide bonds. The molecule has 0 aliphatic heterocycles. The highest BCUT2D eigenvalue weighted by Gasteiger charge is 2.11. The molecule has 0 unspecified atom stereocenters. The molecular formula is C13H18ClN3O2. The highest BCUT2D eigenvalue weighted by atomic mass is 35.5. The van der Waals surface area contributed by atoms with Gasteiger partial charge in [-0.25, -0.2) is 0 Å². The van der Waals surface area contributed by atoms with Crippen molar-refractivity contribution in [1.82, 2.24) is 14.7 Å². The highest BCUT2D eigenvalue weighted by molar-refractivity contribution is 6.31. The number of halogens is 1. The van der Waals surface area contributed by atoms with Gasteiger partial charge in [-0.05, 0) is 13.0 Å². The van der Waals surface area contributed by atoms with Crippen molar-refractivity contribution in [2.24, 2.45) is 7.05 Å². The Labute approximate surface area is 117 Å². The molecule has 104 valence electrons. The molecule has 19 heavy (non-hydrogen) atoms. The Kier molecular flexibility index (Phi) is 5.79. The molecule has 0 saturated heterocycles. The Hall–Kier alpha value is -1.59. The minimum Gasteiger partial charge on any atom is -0.395 e. The summed E-state index contributed by atoms with van der Waals surface area (Å²) >= 11 is 6.07. The van der Waals surface area contributed by atoms with Crippen molar-refractivity contribution in [2.75, 3.05) is 19.7 Å². The van der Waals surface area contributed by atoms with E-state index in [1.807, 2.05) is 6.92 Å². The van der Waals surface area contributed by atoms with E-state index in [0.29, 0.717) is 11.7 Å². The zero-order valence-corrected chi connectivity index (χ0v) is 11.9. The lowest BCUT2D eigenvalue weighted by Crippen LogP contribution is -2.32. The molecule has 1 N–H and O–H groups in total. The number of aryl methyl sites for hydroxylation is 2. The van der Waals surface area contributed by atoms with E-state index in [4.69, 9.17) is 16.7 Å². The van der Waals surface area contributed by atoms with Crippen molar-refractivity contribution in [3.8, 4) is 0 Å². The fourth-order valence-corrected chi connectivity index (χ4v) is 1.90. The van der Waals surface area contributed by atoms with Gasteiger partial charge in [-0.1, -0.05) is 17.7 Å². The Morgan fingerprint density at radius 3 is 2.79 bits per heavy atom. The summed E-state index contributed by atoms with van der Waals surface area (Å²) in [7, 11) is 1.74. The predicted molar refractivity (Wildman–Crippen MR) is 75.9 cm³/mol. The van der Waals surface area contributed by atoms with Crippen LogP contribution in [0.2, 0.25) is 5.15 Å². The van der Waals surface area contributed by atoms with E-state index in [1.54, 1.807) is 23.9 Å². The van der Waals surface area contributed by atoms with Crippen molar-refractivity contribution in [3.05, 3.63) is 35.1 Å². The maximum Gasteiger partial charge on any atom is 0.246 e. The van der Waals surface area contributed by atoms with Crippen LogP contribution >= 0.6 is 11.6 Å². The molecule has 5 nitrogen and oxygen atoms in total. The van der Waals surface area contributed by atoms with Crippen molar-refractivity contribution in [3.63, 3.8) is 0 Å². The molecule has 1 aromatic heterocycles. The van der Waals surface area contributed by atoms with Gasteiger partial charge in [0.05, 0.1) is 12.3 Å². The molecule has 0 atom stereocenters. The van der Waals surface area contributed by atoms with Crippen molar-refractivity contribution in [2.45, 2.75) is 6.92 Å². The Balaban J connectivity index is 2.84. The zero-order chi connectivity index (χ0) is 14.4. The van der Waals surface area contributed by atoms with Gasteiger partial charge in [-0.2, -0.15) is 5.10 Å². The summed E-state index contributed by atoms with van der Waals surface area (Å²) in [5.74, 6) is -0.201. The Morgan fingerprint density at radius 2 is 2.32 bits per heavy atom. The van der Waals surface area contributed by atoms with Crippen LogP contribution < -0.4 is 0 Å². The van der Waals surface area contributed by atoms with Crippen LogP contribution in [0.1, 0.15) is 11.3 Å². The van der Waals surface area contributed by atoms with E-state index in [9.17, 15) is 4.79 Å². The summed E-state index contributed by atoms with van der Waals surface area (Å²) in [5.41, 5.74) is 1.48. The number of amides is 1. The Morgan fingerprint density at radius 1 is 1.63 bits per heavy atom. The first kappa shape index (κ1) is 15.5. The molecule has 0 aliphatic rings. The average Bonchev–Trinajstić information content (AvgIpc) is 2.61. The fourth-order valence-electron chi connectivity index (χ4n) is 1.66. The fraction of sp³-hybridized carbons (Fsp3) is 0.385. The average molecular weight is 284 g/mol. The van der Waals surface area contributed by atoms with Gasteiger partial charge in [0.15, 0.2) is 0 Å². The van der Waals surface area contributed by atoms with Crippen LogP contribution in [0.4, 0.5) is 0 Å². The molecule has 0 fully saturated rings. The topological polar surface area (TPSA) is 58.4 Å². The lowest BCUT2D eigenvalue weighted by Gasteiger charge is -2.17. The summed E-state index contributed by atoms with van der Waals surface area (Å²) in [6.07, 6.45) is 4.68. The van der Waals surface area contributed by atoms with E-state index >= 15 is 0 Å². The number of nitrogens with zero attached hydrogens (tertiary/aromatic N) is 3. The van der Waals surface area contributed by atoms with Crippen LogP contribution in [0, 0.1) is 6.92 Å². The van der Waals surface area contributed by atoms with Gasteiger partial charge in [-0.3, -0.25) is 9.48 Å². The molecule has 0 bridgehead atoms. The molecule has 6 heteroatoms. The first-order valence-electron chi connectivity index (χ1n) is 5.89. The maximum atomic E-state index is 11.9. The second-order valence-electron chi connectivity index (χ2n) is 4.04. The lowest BCUT2D eigenvalue weighted by atomic mass is 10.2. The summed E-state index contributed by atoms with van der Waals surface area (Å²) in [4.78, 5) is 13.4. The summed E-state index contributed by atoms with van der Waals surface area (Å²) < 4.78 is 1.55. The quantitative estimate of drug-likeness (QED) is 0.634. The van der Waals surface area contributed by atoms with Gasteiger partial charge in [0.25, 0.3) is 0 Å². The normalized spacial score (nSPS) is 10.9. The second-order valence-corrected chi connectivity index (χ2v) is 4.40. The smallest absolute Gasteiger partial charge is 0.246 e. The van der Waals surface area contributed by atoms with Crippen LogP contribution in [-0.2, 0) is 11.8 Å². The molecule has 1 aromatic rings. The number of rotatable bonds is 6. The van der Waals surface area contributed by atoms with Crippen molar-refractivity contribution in [1.29, 1.82) is 0 Å². The molecule has 0 saturated carbocycles. The van der Waals surface area contributed by atoms with Gasteiger partial charge >= 0.3 is 0 Å². The Bertz CT molecular complexity index is 494. The highest BCUT2D eigenvalue weighted by Crippen LogP contribution is 2.20. The minimum atomic E-state index is -0.201. The lowest BCUT2D eigenvalue weighted by molar-refractivity contribution is -0.125. The number of hydrogen-bond acceptors (Lipinski definition) is 3. The van der Waals surface area contributed by atoms with E-state index in [1.165, 1.54) is 11.0 Å². The van der Waals surface area contributed by atoms with Crippen LogP contribution in [-0.4, -0.2) is 45.4 Å². The molecule has 0 spiro atoms. The van der Waals surface area contributed by atoms with Gasteiger partial charge < -0.3 is 10.0 Å². The van der Waals surface area contributed by atoms with Crippen LogP contribution in [0.25, 0.3) is 6.08 Å². The summed E-state index contributed by atoms with van der Waals surface area (Å²) in [5, 5.41) is 13.5. The third kappa shape index (κ3) is 3.94. The standard InChI is InChI=1S/C13H18ClN3O2/c1-4-7-17(8-9-18)12(19)6-5-11-10(2)15-16(3)13(11)14/h4-6,18H,1,7-9H2,2-3H3/b6-5+. The van der Waals surface area contributed by atoms with Crippen LogP contribution in [0.15, 0.2) is 18.7 Å². The van der Waals surface area contributed by atoms with Gasteiger partial charge in [0, 0.05) is 31.8 Å². The molecule has 0 aromatic carbocycles. The largest absolute Gasteiger partial charge is 0.395 e. The third-order valence-electron chi connectivity index (χ3n) is 2.62. The molecule has 1 heterocycles. The number of carbonyl (C=O) groups is 1. The van der Waals surface area contributed by atoms with Crippen molar-refractivity contribution < 1.29 is 9.90 Å². The zero-order valence-electron chi connectivity index (χ0n) is 11.1. The van der Waals surface area contributed by atoms with E-state index < -0.39 is 0 Å². The molecule has 0 aliphatic carbocycles. The van der Waals surface area contributed by atoms with Gasteiger partial charge in [0.2, 0.25) is 5.91 Å². The number of aliphatic hydroxyl groups excluding tert-OH is 1. The first-order chi connectivity index (χ1) is 9.01. The maximum absolute atomic E-state index is 11.9. The number of aliphatic hydroxyl groups is 1. The molecule has 1 rings (SSSR count). The predicted octanol–water partition coefficient (Wildman–Crippen LogP) is 1.40. The summed E-state index contributed by atoms with van der Waals surface area (Å²) in [6.45, 7) is 5.99. The molecular weight excluding hydrogens is 266 g/mol. The van der Waals surface area contributed by atoms with E-state index in [2.05, 4.69) is 11.7 Å². The summed E-state index contributed by atoms with van der Waals surface area (Å²) in [6, 6.07) is 0. The van der Waals surface area contributed by atoms with Crippen molar-refractivity contribution >= 4 is 23.6 Å². The van der Waals surface area contributed by atoms with Crippen LogP contribution in [0.3, 0.4) is 0 Å². The van der Waals surface area contributed by atoms with Crippen LogP contribution in [0.5, 0.6) is 0 Å². The van der Waals surface area contributed by atoms with E-state index in [-0.39, 0.29) is 19.1 Å². The first-order valence-corrected chi connectivity index (χ1v) is 6.26. The number of carbonyl (C=O) groups excluding carboxylic acids is 1. The van der Waals surface area contributed by atoms with E-state index in [0.717, 1.165) is 11.3 Å². The van der Waals surface area contributed by atoms with Gasteiger partial charge in [0.1, 0.15) is 5.15 Å². The number of aromatic nitrogens is 2. The third-order valence-corrected chi connectivity index (χ3v) is 3.07.